The lowest BCUT2D eigenvalue weighted by molar-refractivity contribution is -0.434. The van der Waals surface area contributed by atoms with Gasteiger partial charge in [0, 0.05) is 12.5 Å². The second kappa shape index (κ2) is 5.32. The average molecular weight is 201 g/mol. The Morgan fingerprint density at radius 2 is 2.29 bits per heavy atom. The van der Waals surface area contributed by atoms with Crippen LogP contribution in [0.5, 0.6) is 0 Å². The number of carbonyl (C=O) groups excluding carboxylic acids is 1. The molecule has 0 saturated heterocycles. The number of hydrogen-bond acceptors (Lipinski definition) is 2. The minimum Gasteiger partial charge on any atom is -0.378 e. The largest absolute Gasteiger partial charge is 0.378 e. The van der Waals surface area contributed by atoms with Crippen LogP contribution in [0, 0.1) is 0 Å². The van der Waals surface area contributed by atoms with Crippen LogP contribution in [-0.4, -0.2) is 29.2 Å². The number of rotatable bonds is 6. The van der Waals surface area contributed by atoms with Crippen LogP contribution in [0.15, 0.2) is 0 Å². The maximum absolute atomic E-state index is 11.4. The molecule has 1 rings (SSSR count). The van der Waals surface area contributed by atoms with Crippen molar-refractivity contribution in [1.82, 2.24) is 5.32 Å². The molecule has 0 spiro atoms. The van der Waals surface area contributed by atoms with Gasteiger partial charge in [-0.1, -0.05) is 13.3 Å². The third kappa shape index (κ3) is 3.64. The quantitative estimate of drug-likeness (QED) is 0.538. The van der Waals surface area contributed by atoms with Crippen LogP contribution >= 0.6 is 0 Å². The lowest BCUT2D eigenvalue weighted by Gasteiger charge is -2.15. The van der Waals surface area contributed by atoms with Crippen molar-refractivity contribution in [3.05, 3.63) is 0 Å². The minimum atomic E-state index is -0.929. The molecule has 0 bridgehead atoms. The van der Waals surface area contributed by atoms with Gasteiger partial charge in [-0.15, -0.1) is 0 Å². The molecule has 0 aromatic heterocycles. The molecule has 1 fully saturated rings. The molecule has 5 N–H and O–H groups in total. The fourth-order valence-corrected chi connectivity index (χ4v) is 1.35. The van der Waals surface area contributed by atoms with Gasteiger partial charge in [-0.25, -0.2) is 0 Å². The monoisotopic (exact) mass is 201 g/mol. The van der Waals surface area contributed by atoms with Gasteiger partial charge in [0.25, 0.3) is 5.91 Å². The zero-order valence-corrected chi connectivity index (χ0v) is 8.83. The zero-order valence-electron chi connectivity index (χ0n) is 8.83. The summed E-state index contributed by atoms with van der Waals surface area (Å²) in [6.45, 7) is 2.09. The molecular weight excluding hydrogens is 180 g/mol. The first-order valence-corrected chi connectivity index (χ1v) is 5.46. The van der Waals surface area contributed by atoms with E-state index in [2.05, 4.69) is 18.0 Å². The fourth-order valence-electron chi connectivity index (χ4n) is 1.35. The summed E-state index contributed by atoms with van der Waals surface area (Å²) >= 11 is 0. The predicted molar refractivity (Wildman–Crippen MR) is 53.4 cm³/mol. The van der Waals surface area contributed by atoms with E-state index in [9.17, 15) is 9.90 Å². The first-order chi connectivity index (χ1) is 6.65. The molecule has 1 aliphatic rings. The summed E-state index contributed by atoms with van der Waals surface area (Å²) in [4.78, 5) is 11.4. The first-order valence-electron chi connectivity index (χ1n) is 5.46. The molecule has 14 heavy (non-hydrogen) atoms. The molecule has 1 aliphatic carbocycles. The highest BCUT2D eigenvalue weighted by atomic mass is 16.3. The summed E-state index contributed by atoms with van der Waals surface area (Å²) in [6.07, 6.45) is 4.08. The van der Waals surface area contributed by atoms with E-state index in [0.717, 1.165) is 32.1 Å². The summed E-state index contributed by atoms with van der Waals surface area (Å²) in [7, 11) is 0. The molecule has 0 heterocycles. The van der Waals surface area contributed by atoms with Gasteiger partial charge in [0.05, 0.1) is 0 Å². The van der Waals surface area contributed by atoms with E-state index < -0.39 is 6.10 Å². The van der Waals surface area contributed by atoms with Crippen LogP contribution in [0.3, 0.4) is 0 Å². The molecule has 0 radical (unpaired) electrons. The number of amides is 1. The van der Waals surface area contributed by atoms with Crippen molar-refractivity contribution in [3.8, 4) is 0 Å². The molecule has 1 amide bonds. The summed E-state index contributed by atoms with van der Waals surface area (Å²) in [5.41, 5.74) is 3.81. The smallest absolute Gasteiger partial charge is 0.255 e. The SMILES string of the molecule is CCCCC([NH3+])C(O)C(=O)NC1CC1. The Bertz CT molecular complexity index is 193. The van der Waals surface area contributed by atoms with Gasteiger partial charge >= 0.3 is 0 Å². The molecule has 2 unspecified atom stereocenters. The third-order valence-electron chi connectivity index (χ3n) is 2.57. The molecular formula is C10H21N2O2+. The highest BCUT2D eigenvalue weighted by Gasteiger charge is 2.30. The second-order valence-electron chi connectivity index (χ2n) is 4.13. The van der Waals surface area contributed by atoms with E-state index in [-0.39, 0.29) is 11.9 Å². The molecule has 0 aromatic carbocycles. The zero-order chi connectivity index (χ0) is 10.6. The maximum Gasteiger partial charge on any atom is 0.255 e. The Morgan fingerprint density at radius 1 is 1.64 bits per heavy atom. The van der Waals surface area contributed by atoms with Gasteiger partial charge in [0.2, 0.25) is 0 Å². The van der Waals surface area contributed by atoms with Gasteiger partial charge in [-0.2, -0.15) is 0 Å². The van der Waals surface area contributed by atoms with Crippen LogP contribution < -0.4 is 11.1 Å². The van der Waals surface area contributed by atoms with E-state index in [1.54, 1.807) is 0 Å². The van der Waals surface area contributed by atoms with Crippen LogP contribution in [0.1, 0.15) is 39.0 Å². The van der Waals surface area contributed by atoms with Gasteiger partial charge in [0.15, 0.2) is 6.10 Å². The van der Waals surface area contributed by atoms with Crippen LogP contribution in [0.4, 0.5) is 0 Å². The Hall–Kier alpha value is -0.610. The second-order valence-corrected chi connectivity index (χ2v) is 4.13. The van der Waals surface area contributed by atoms with Gasteiger partial charge < -0.3 is 16.2 Å². The van der Waals surface area contributed by atoms with E-state index in [1.165, 1.54) is 0 Å². The third-order valence-corrected chi connectivity index (χ3v) is 2.57. The van der Waals surface area contributed by atoms with Crippen LogP contribution in [-0.2, 0) is 4.79 Å². The molecule has 2 atom stereocenters. The number of aliphatic hydroxyl groups excluding tert-OH is 1. The van der Waals surface area contributed by atoms with E-state index in [1.807, 2.05) is 0 Å². The fraction of sp³-hybridized carbons (Fsp3) is 0.900. The van der Waals surface area contributed by atoms with Gasteiger partial charge in [-0.05, 0) is 19.3 Å². The number of quaternary nitrogens is 1. The molecule has 82 valence electrons. The first kappa shape index (κ1) is 11.5. The summed E-state index contributed by atoms with van der Waals surface area (Å²) in [5, 5.41) is 12.4. The van der Waals surface area contributed by atoms with E-state index >= 15 is 0 Å². The van der Waals surface area contributed by atoms with Crippen LogP contribution in [0.25, 0.3) is 0 Å². The maximum atomic E-state index is 11.4. The van der Waals surface area contributed by atoms with E-state index in [4.69, 9.17) is 0 Å². The number of unbranched alkanes of at least 4 members (excludes halogenated alkanes) is 1. The highest BCUT2D eigenvalue weighted by Crippen LogP contribution is 2.18. The highest BCUT2D eigenvalue weighted by molar-refractivity contribution is 5.81. The Kier molecular flexibility index (Phi) is 4.35. The Labute approximate surface area is 84.9 Å². The Morgan fingerprint density at radius 3 is 2.79 bits per heavy atom. The normalized spacial score (nSPS) is 20.2. The summed E-state index contributed by atoms with van der Waals surface area (Å²) < 4.78 is 0. The lowest BCUT2D eigenvalue weighted by Crippen LogP contribution is -2.69. The lowest BCUT2D eigenvalue weighted by atomic mass is 10.0. The van der Waals surface area contributed by atoms with Crippen molar-refractivity contribution >= 4 is 5.91 Å². The number of aliphatic hydroxyl groups is 1. The molecule has 4 heteroatoms. The molecule has 0 aliphatic heterocycles. The number of nitrogens with one attached hydrogen (secondary N) is 1. The van der Waals surface area contributed by atoms with Crippen molar-refractivity contribution in [2.45, 2.75) is 57.2 Å². The summed E-state index contributed by atoms with van der Waals surface area (Å²) in [5.74, 6) is -0.247. The van der Waals surface area contributed by atoms with Gasteiger partial charge in [-0.3, -0.25) is 4.79 Å². The topological polar surface area (TPSA) is 77.0 Å². The van der Waals surface area contributed by atoms with E-state index in [0.29, 0.717) is 6.04 Å². The van der Waals surface area contributed by atoms with Crippen molar-refractivity contribution < 1.29 is 15.6 Å². The average Bonchev–Trinajstić information content (AvgIpc) is 2.96. The minimum absolute atomic E-state index is 0.173. The standard InChI is InChI=1S/C10H20N2O2/c1-2-3-4-8(11)9(13)10(14)12-7-5-6-7/h7-9,13H,2-6,11H2,1H3,(H,12,14)/p+1. The van der Waals surface area contributed by atoms with Gasteiger partial charge in [0.1, 0.15) is 6.04 Å². The summed E-state index contributed by atoms with van der Waals surface area (Å²) in [6, 6.07) is 0.143. The molecule has 4 nitrogen and oxygen atoms in total. The number of hydrogen-bond donors (Lipinski definition) is 3. The number of carbonyl (C=O) groups is 1. The van der Waals surface area contributed by atoms with Crippen LogP contribution in [0.2, 0.25) is 0 Å². The molecule has 0 aromatic rings. The van der Waals surface area contributed by atoms with Crippen molar-refractivity contribution in [2.24, 2.45) is 0 Å². The van der Waals surface area contributed by atoms with Crippen molar-refractivity contribution in [1.29, 1.82) is 0 Å². The molecule has 1 saturated carbocycles. The van der Waals surface area contributed by atoms with Crippen molar-refractivity contribution in [2.75, 3.05) is 0 Å². The predicted octanol–water partition coefficient (Wildman–Crippen LogP) is -0.573. The van der Waals surface area contributed by atoms with Crippen molar-refractivity contribution in [3.63, 3.8) is 0 Å². The Balaban J connectivity index is 2.22.